The van der Waals surface area contributed by atoms with Gasteiger partial charge in [-0.25, -0.2) is 9.37 Å². The number of benzene rings is 1. The van der Waals surface area contributed by atoms with Crippen LogP contribution < -0.4 is 10.6 Å². The Morgan fingerprint density at radius 1 is 1.26 bits per heavy atom. The molecule has 0 saturated heterocycles. The molecule has 0 aliphatic carbocycles. The molecule has 0 fully saturated rings. The van der Waals surface area contributed by atoms with Gasteiger partial charge in [0.15, 0.2) is 0 Å². The first-order valence-corrected chi connectivity index (χ1v) is 6.28. The van der Waals surface area contributed by atoms with E-state index in [0.717, 1.165) is 12.2 Å². The van der Waals surface area contributed by atoms with Crippen molar-refractivity contribution in [1.82, 2.24) is 9.97 Å². The van der Waals surface area contributed by atoms with E-state index in [1.807, 2.05) is 13.8 Å². The zero-order valence-electron chi connectivity index (χ0n) is 10.7. The molecule has 1 aromatic heterocycles. The number of rotatable bonds is 4. The van der Waals surface area contributed by atoms with Crippen molar-refractivity contribution in [3.63, 3.8) is 0 Å². The fourth-order valence-corrected chi connectivity index (χ4v) is 1.81. The van der Waals surface area contributed by atoms with Gasteiger partial charge >= 0.3 is 0 Å². The minimum Gasteiger partial charge on any atom is -0.354 e. The van der Waals surface area contributed by atoms with E-state index < -0.39 is 0 Å². The summed E-state index contributed by atoms with van der Waals surface area (Å²) in [7, 11) is 0. The molecule has 0 bridgehead atoms. The Morgan fingerprint density at radius 3 is 2.74 bits per heavy atom. The summed E-state index contributed by atoms with van der Waals surface area (Å²) in [6, 6.07) is 5.96. The van der Waals surface area contributed by atoms with Crippen molar-refractivity contribution in [2.45, 2.75) is 13.8 Å². The molecule has 0 aliphatic heterocycles. The van der Waals surface area contributed by atoms with Crippen molar-refractivity contribution in [2.24, 2.45) is 0 Å². The van der Waals surface area contributed by atoms with Crippen LogP contribution in [0.25, 0.3) is 0 Å². The lowest BCUT2D eigenvalue weighted by atomic mass is 10.3. The lowest BCUT2D eigenvalue weighted by Crippen LogP contribution is -2.05. The monoisotopic (exact) mass is 280 g/mol. The highest BCUT2D eigenvalue weighted by Gasteiger charge is 2.05. The van der Waals surface area contributed by atoms with Crippen LogP contribution in [-0.4, -0.2) is 16.5 Å². The van der Waals surface area contributed by atoms with E-state index in [2.05, 4.69) is 20.6 Å². The SMILES string of the molecule is CCNc1nc(C)cc(Nc2ccc(F)cc2Cl)n1. The van der Waals surface area contributed by atoms with Crippen LogP contribution in [0, 0.1) is 12.7 Å². The maximum atomic E-state index is 13.0. The normalized spacial score (nSPS) is 10.3. The quantitative estimate of drug-likeness (QED) is 0.895. The van der Waals surface area contributed by atoms with Gasteiger partial charge in [0.25, 0.3) is 0 Å². The third-order valence-electron chi connectivity index (χ3n) is 2.38. The van der Waals surface area contributed by atoms with Crippen molar-refractivity contribution in [1.29, 1.82) is 0 Å². The summed E-state index contributed by atoms with van der Waals surface area (Å²) in [5.74, 6) is 0.781. The lowest BCUT2D eigenvalue weighted by molar-refractivity contribution is 0.628. The summed E-state index contributed by atoms with van der Waals surface area (Å²) in [6.07, 6.45) is 0. The first kappa shape index (κ1) is 13.5. The average molecular weight is 281 g/mol. The van der Waals surface area contributed by atoms with E-state index in [1.165, 1.54) is 12.1 Å². The topological polar surface area (TPSA) is 49.8 Å². The number of aromatic nitrogens is 2. The molecule has 0 unspecified atom stereocenters. The van der Waals surface area contributed by atoms with Gasteiger partial charge in [-0.1, -0.05) is 11.6 Å². The van der Waals surface area contributed by atoms with Crippen LogP contribution in [0.3, 0.4) is 0 Å². The van der Waals surface area contributed by atoms with Crippen LogP contribution in [0.5, 0.6) is 0 Å². The van der Waals surface area contributed by atoms with E-state index >= 15 is 0 Å². The molecule has 2 rings (SSSR count). The Balaban J connectivity index is 2.27. The summed E-state index contributed by atoms with van der Waals surface area (Å²) in [5.41, 5.74) is 1.43. The molecule has 2 aromatic rings. The van der Waals surface area contributed by atoms with Gasteiger partial charge < -0.3 is 10.6 Å². The van der Waals surface area contributed by atoms with Crippen LogP contribution in [0.4, 0.5) is 21.8 Å². The number of halogens is 2. The minimum atomic E-state index is -0.372. The highest BCUT2D eigenvalue weighted by atomic mass is 35.5. The number of nitrogens with zero attached hydrogens (tertiary/aromatic N) is 2. The Bertz CT molecular complexity index is 589. The third kappa shape index (κ3) is 3.54. The zero-order valence-corrected chi connectivity index (χ0v) is 11.4. The fraction of sp³-hybridized carbons (Fsp3) is 0.231. The number of hydrogen-bond acceptors (Lipinski definition) is 4. The average Bonchev–Trinajstić information content (AvgIpc) is 2.32. The van der Waals surface area contributed by atoms with Gasteiger partial charge in [-0.05, 0) is 32.0 Å². The van der Waals surface area contributed by atoms with Gasteiger partial charge in [0, 0.05) is 18.3 Å². The van der Waals surface area contributed by atoms with E-state index in [-0.39, 0.29) is 5.82 Å². The second-order valence-electron chi connectivity index (χ2n) is 4.00. The molecule has 0 saturated carbocycles. The predicted molar refractivity (Wildman–Crippen MR) is 75.6 cm³/mol. The maximum Gasteiger partial charge on any atom is 0.224 e. The van der Waals surface area contributed by atoms with E-state index in [0.29, 0.717) is 22.5 Å². The van der Waals surface area contributed by atoms with E-state index in [4.69, 9.17) is 11.6 Å². The largest absolute Gasteiger partial charge is 0.354 e. The van der Waals surface area contributed by atoms with Crippen LogP contribution in [0.1, 0.15) is 12.6 Å². The Kier molecular flexibility index (Phi) is 4.16. The molecule has 4 nitrogen and oxygen atoms in total. The highest BCUT2D eigenvalue weighted by Crippen LogP contribution is 2.25. The molecule has 2 N–H and O–H groups in total. The molecule has 6 heteroatoms. The zero-order chi connectivity index (χ0) is 13.8. The van der Waals surface area contributed by atoms with Crippen molar-refractivity contribution < 1.29 is 4.39 Å². The van der Waals surface area contributed by atoms with Gasteiger partial charge in [0.05, 0.1) is 10.7 Å². The van der Waals surface area contributed by atoms with Gasteiger partial charge in [0.1, 0.15) is 11.6 Å². The van der Waals surface area contributed by atoms with Crippen LogP contribution in [0.15, 0.2) is 24.3 Å². The Hall–Kier alpha value is -1.88. The summed E-state index contributed by atoms with van der Waals surface area (Å²) in [5, 5.41) is 6.40. The van der Waals surface area contributed by atoms with Gasteiger partial charge in [0.2, 0.25) is 5.95 Å². The predicted octanol–water partition coefficient (Wildman–Crippen LogP) is 3.75. The van der Waals surface area contributed by atoms with Crippen LogP contribution >= 0.6 is 11.6 Å². The van der Waals surface area contributed by atoms with Gasteiger partial charge in [-0.3, -0.25) is 0 Å². The summed E-state index contributed by atoms with van der Waals surface area (Å²) < 4.78 is 13.0. The second kappa shape index (κ2) is 5.84. The summed E-state index contributed by atoms with van der Waals surface area (Å²) in [4.78, 5) is 8.54. The Morgan fingerprint density at radius 2 is 2.05 bits per heavy atom. The Labute approximate surface area is 116 Å². The number of hydrogen-bond donors (Lipinski definition) is 2. The first-order valence-electron chi connectivity index (χ1n) is 5.90. The van der Waals surface area contributed by atoms with Gasteiger partial charge in [-0.15, -0.1) is 0 Å². The van der Waals surface area contributed by atoms with Crippen molar-refractivity contribution >= 4 is 29.1 Å². The maximum absolute atomic E-state index is 13.0. The number of anilines is 3. The van der Waals surface area contributed by atoms with E-state index in [9.17, 15) is 4.39 Å². The lowest BCUT2D eigenvalue weighted by Gasteiger charge is -2.10. The molecule has 1 aromatic carbocycles. The smallest absolute Gasteiger partial charge is 0.224 e. The molecule has 19 heavy (non-hydrogen) atoms. The molecule has 0 spiro atoms. The second-order valence-corrected chi connectivity index (χ2v) is 4.40. The number of nitrogens with one attached hydrogen (secondary N) is 2. The molecular formula is C13H14ClFN4. The fourth-order valence-electron chi connectivity index (χ4n) is 1.60. The molecule has 1 heterocycles. The minimum absolute atomic E-state index is 0.307. The van der Waals surface area contributed by atoms with Gasteiger partial charge in [-0.2, -0.15) is 4.98 Å². The van der Waals surface area contributed by atoms with Crippen molar-refractivity contribution in [3.05, 3.63) is 40.8 Å². The third-order valence-corrected chi connectivity index (χ3v) is 2.70. The van der Waals surface area contributed by atoms with Crippen molar-refractivity contribution in [2.75, 3.05) is 17.2 Å². The summed E-state index contributed by atoms with van der Waals surface area (Å²) >= 11 is 5.96. The molecule has 0 aliphatic rings. The van der Waals surface area contributed by atoms with E-state index in [1.54, 1.807) is 12.1 Å². The molecule has 100 valence electrons. The van der Waals surface area contributed by atoms with Crippen LogP contribution in [0.2, 0.25) is 5.02 Å². The van der Waals surface area contributed by atoms with Crippen LogP contribution in [-0.2, 0) is 0 Å². The molecule has 0 atom stereocenters. The molecular weight excluding hydrogens is 267 g/mol. The molecule has 0 radical (unpaired) electrons. The molecule has 0 amide bonds. The summed E-state index contributed by atoms with van der Waals surface area (Å²) in [6.45, 7) is 4.58. The van der Waals surface area contributed by atoms with Crippen molar-refractivity contribution in [3.8, 4) is 0 Å². The first-order chi connectivity index (χ1) is 9.08. The standard InChI is InChI=1S/C13H14ClFN4/c1-3-16-13-17-8(2)6-12(19-13)18-11-5-4-9(15)7-10(11)14/h4-7H,3H2,1-2H3,(H2,16,17,18,19). The number of aryl methyl sites for hydroxylation is 1. The highest BCUT2D eigenvalue weighted by molar-refractivity contribution is 6.33.